The van der Waals surface area contributed by atoms with E-state index in [4.69, 9.17) is 16.7 Å². The number of hydrogen-bond acceptors (Lipinski definition) is 2. The zero-order chi connectivity index (χ0) is 12.6. The molecule has 1 fully saturated rings. The van der Waals surface area contributed by atoms with E-state index in [1.54, 1.807) is 19.1 Å². The smallest absolute Gasteiger partial charge is 0.311 e. The van der Waals surface area contributed by atoms with Gasteiger partial charge in [-0.3, -0.25) is 9.69 Å². The standard InChI is InChI=1S/C12H13ClFNO2/c1-12(11(16)17)6-15(7-12)5-8-2-3-9(13)4-10(8)14/h2-4H,5-7H2,1H3,(H,16,17). The van der Waals surface area contributed by atoms with E-state index in [1.165, 1.54) is 6.07 Å². The Kier molecular flexibility index (Phi) is 3.10. The summed E-state index contributed by atoms with van der Waals surface area (Å²) in [6.45, 7) is 3.02. The molecule has 0 amide bonds. The van der Waals surface area contributed by atoms with E-state index in [0.29, 0.717) is 30.2 Å². The summed E-state index contributed by atoms with van der Waals surface area (Å²) >= 11 is 5.66. The van der Waals surface area contributed by atoms with Crippen LogP contribution in [0.4, 0.5) is 4.39 Å². The molecule has 2 rings (SSSR count). The van der Waals surface area contributed by atoms with Crippen LogP contribution in [0, 0.1) is 11.2 Å². The fraction of sp³-hybridized carbons (Fsp3) is 0.417. The number of likely N-dealkylation sites (tertiary alicyclic amines) is 1. The molecule has 1 aromatic carbocycles. The molecule has 1 aliphatic rings. The van der Waals surface area contributed by atoms with Gasteiger partial charge in [0.15, 0.2) is 0 Å². The van der Waals surface area contributed by atoms with Gasteiger partial charge in [0.2, 0.25) is 0 Å². The first kappa shape index (κ1) is 12.3. The topological polar surface area (TPSA) is 40.5 Å². The fourth-order valence-corrected chi connectivity index (χ4v) is 2.24. The number of aliphatic carboxylic acids is 1. The lowest BCUT2D eigenvalue weighted by molar-refractivity contribution is -0.158. The quantitative estimate of drug-likeness (QED) is 0.904. The largest absolute Gasteiger partial charge is 0.481 e. The van der Waals surface area contributed by atoms with E-state index >= 15 is 0 Å². The number of carboxylic acids is 1. The molecule has 1 aliphatic heterocycles. The summed E-state index contributed by atoms with van der Waals surface area (Å²) in [7, 11) is 0. The van der Waals surface area contributed by atoms with Crippen LogP contribution >= 0.6 is 11.6 Å². The number of benzene rings is 1. The highest BCUT2D eigenvalue weighted by atomic mass is 35.5. The third-order valence-electron chi connectivity index (χ3n) is 3.07. The summed E-state index contributed by atoms with van der Waals surface area (Å²) in [5, 5.41) is 9.32. The van der Waals surface area contributed by atoms with Gasteiger partial charge >= 0.3 is 5.97 Å². The van der Waals surface area contributed by atoms with Crippen molar-refractivity contribution in [3.63, 3.8) is 0 Å². The molecular formula is C12H13ClFNO2. The van der Waals surface area contributed by atoms with Gasteiger partial charge in [0.1, 0.15) is 5.82 Å². The number of rotatable bonds is 3. The Morgan fingerprint density at radius 1 is 1.59 bits per heavy atom. The van der Waals surface area contributed by atoms with Gasteiger partial charge in [-0.15, -0.1) is 0 Å². The van der Waals surface area contributed by atoms with Crippen molar-refractivity contribution in [2.75, 3.05) is 13.1 Å². The molecule has 0 spiro atoms. The third-order valence-corrected chi connectivity index (χ3v) is 3.31. The Hall–Kier alpha value is -1.13. The van der Waals surface area contributed by atoms with Crippen molar-refractivity contribution in [3.05, 3.63) is 34.6 Å². The van der Waals surface area contributed by atoms with Crippen LogP contribution in [0.1, 0.15) is 12.5 Å². The summed E-state index contributed by atoms with van der Waals surface area (Å²) < 4.78 is 13.5. The van der Waals surface area contributed by atoms with Crippen LogP contribution in [-0.2, 0) is 11.3 Å². The average molecular weight is 258 g/mol. The van der Waals surface area contributed by atoms with Crippen molar-refractivity contribution in [1.82, 2.24) is 4.90 Å². The molecule has 92 valence electrons. The highest BCUT2D eigenvalue weighted by molar-refractivity contribution is 6.30. The van der Waals surface area contributed by atoms with Gasteiger partial charge < -0.3 is 5.11 Å². The van der Waals surface area contributed by atoms with Gasteiger partial charge in [-0.2, -0.15) is 0 Å². The maximum absolute atomic E-state index is 13.5. The minimum Gasteiger partial charge on any atom is -0.481 e. The predicted octanol–water partition coefficient (Wildman–Crippen LogP) is 2.39. The van der Waals surface area contributed by atoms with Gasteiger partial charge in [-0.1, -0.05) is 17.7 Å². The molecule has 3 nitrogen and oxygen atoms in total. The molecule has 0 aliphatic carbocycles. The Labute approximate surface area is 104 Å². The molecule has 1 saturated heterocycles. The second-order valence-electron chi connectivity index (χ2n) is 4.75. The fourth-order valence-electron chi connectivity index (χ4n) is 2.08. The minimum atomic E-state index is -0.801. The van der Waals surface area contributed by atoms with Crippen LogP contribution in [0.5, 0.6) is 0 Å². The maximum Gasteiger partial charge on any atom is 0.311 e. The van der Waals surface area contributed by atoms with Crippen LogP contribution in [-0.4, -0.2) is 29.1 Å². The molecule has 0 bridgehead atoms. The number of nitrogens with zero attached hydrogens (tertiary/aromatic N) is 1. The summed E-state index contributed by atoms with van der Waals surface area (Å²) in [4.78, 5) is 12.8. The Morgan fingerprint density at radius 3 is 2.76 bits per heavy atom. The molecule has 1 heterocycles. The first-order chi connectivity index (χ1) is 7.90. The van der Waals surface area contributed by atoms with Crippen molar-refractivity contribution in [1.29, 1.82) is 0 Å². The molecule has 17 heavy (non-hydrogen) atoms. The minimum absolute atomic E-state index is 0.346. The molecular weight excluding hydrogens is 245 g/mol. The number of hydrogen-bond donors (Lipinski definition) is 1. The third kappa shape index (κ3) is 2.42. The van der Waals surface area contributed by atoms with Gasteiger partial charge in [0.25, 0.3) is 0 Å². The second kappa shape index (κ2) is 4.27. The van der Waals surface area contributed by atoms with Gasteiger partial charge in [-0.05, 0) is 19.1 Å². The van der Waals surface area contributed by atoms with Gasteiger partial charge in [0.05, 0.1) is 5.41 Å². The van der Waals surface area contributed by atoms with Crippen LogP contribution < -0.4 is 0 Å². The molecule has 5 heteroatoms. The van der Waals surface area contributed by atoms with Crippen LogP contribution in [0.25, 0.3) is 0 Å². The van der Waals surface area contributed by atoms with E-state index in [9.17, 15) is 9.18 Å². The van der Waals surface area contributed by atoms with Crippen LogP contribution in [0.15, 0.2) is 18.2 Å². The highest BCUT2D eigenvalue weighted by Crippen LogP contribution is 2.31. The Bertz CT molecular complexity index is 458. The molecule has 0 saturated carbocycles. The number of carbonyl (C=O) groups is 1. The normalized spacial score (nSPS) is 18.8. The Balaban J connectivity index is 1.98. The molecule has 0 aromatic heterocycles. The van der Waals surface area contributed by atoms with E-state index in [1.807, 2.05) is 4.90 Å². The first-order valence-electron chi connectivity index (χ1n) is 5.30. The van der Waals surface area contributed by atoms with Crippen LogP contribution in [0.2, 0.25) is 5.02 Å². The Morgan fingerprint density at radius 2 is 2.24 bits per heavy atom. The van der Waals surface area contributed by atoms with Crippen molar-refractivity contribution >= 4 is 17.6 Å². The number of halogens is 2. The van der Waals surface area contributed by atoms with Crippen molar-refractivity contribution in [3.8, 4) is 0 Å². The first-order valence-corrected chi connectivity index (χ1v) is 5.68. The summed E-state index contributed by atoms with van der Waals surface area (Å²) in [5.41, 5.74) is -0.148. The number of carboxylic acid groups (broad SMARTS) is 1. The van der Waals surface area contributed by atoms with E-state index in [-0.39, 0.29) is 5.82 Å². The average Bonchev–Trinajstić information content (AvgIpc) is 2.19. The van der Waals surface area contributed by atoms with E-state index in [0.717, 1.165) is 0 Å². The predicted molar refractivity (Wildman–Crippen MR) is 62.4 cm³/mol. The zero-order valence-corrected chi connectivity index (χ0v) is 10.2. The van der Waals surface area contributed by atoms with Crippen molar-refractivity contribution < 1.29 is 14.3 Å². The van der Waals surface area contributed by atoms with E-state index in [2.05, 4.69) is 0 Å². The monoisotopic (exact) mass is 257 g/mol. The summed E-state index contributed by atoms with van der Waals surface area (Å²) in [5.74, 6) is -1.15. The summed E-state index contributed by atoms with van der Waals surface area (Å²) in [6, 6.07) is 4.54. The van der Waals surface area contributed by atoms with Gasteiger partial charge in [-0.25, -0.2) is 4.39 Å². The lowest BCUT2D eigenvalue weighted by Gasteiger charge is -2.45. The van der Waals surface area contributed by atoms with E-state index < -0.39 is 11.4 Å². The summed E-state index contributed by atoms with van der Waals surface area (Å²) in [6.07, 6.45) is 0. The van der Waals surface area contributed by atoms with Crippen molar-refractivity contribution in [2.45, 2.75) is 13.5 Å². The lowest BCUT2D eigenvalue weighted by atomic mass is 9.82. The maximum atomic E-state index is 13.5. The molecule has 1 N–H and O–H groups in total. The molecule has 0 atom stereocenters. The molecule has 1 aromatic rings. The van der Waals surface area contributed by atoms with Crippen LogP contribution in [0.3, 0.4) is 0 Å². The highest BCUT2D eigenvalue weighted by Gasteiger charge is 2.45. The molecule has 0 radical (unpaired) electrons. The molecule has 0 unspecified atom stereocenters. The lowest BCUT2D eigenvalue weighted by Crippen LogP contribution is -2.58. The SMILES string of the molecule is CC1(C(=O)O)CN(Cc2ccc(Cl)cc2F)C1. The zero-order valence-electron chi connectivity index (χ0n) is 9.41. The van der Waals surface area contributed by atoms with Crippen molar-refractivity contribution in [2.24, 2.45) is 5.41 Å². The van der Waals surface area contributed by atoms with Gasteiger partial charge in [0, 0.05) is 30.2 Å². The second-order valence-corrected chi connectivity index (χ2v) is 5.18.